The lowest BCUT2D eigenvalue weighted by Crippen LogP contribution is -2.34. The Morgan fingerprint density at radius 1 is 1.24 bits per heavy atom. The summed E-state index contributed by atoms with van der Waals surface area (Å²) in [7, 11) is 0. The lowest BCUT2D eigenvalue weighted by molar-refractivity contribution is -0.142. The first-order valence-electron chi connectivity index (χ1n) is 7.44. The number of nitrogens with one attached hydrogen (secondary N) is 2. The molecule has 0 aliphatic carbocycles. The molecule has 1 aromatic carbocycles. The fraction of sp³-hybridized carbons (Fsp3) is 0.500. The van der Waals surface area contributed by atoms with Crippen molar-refractivity contribution in [2.45, 2.75) is 31.7 Å². The smallest absolute Gasteiger partial charge is 0.330 e. The van der Waals surface area contributed by atoms with Gasteiger partial charge in [0.1, 0.15) is 0 Å². The number of carboxylic acids is 1. The highest BCUT2D eigenvalue weighted by Crippen LogP contribution is 2.18. The highest BCUT2D eigenvalue weighted by atomic mass is 16.4. The van der Waals surface area contributed by atoms with Gasteiger partial charge in [-0.3, -0.25) is 4.79 Å². The highest BCUT2D eigenvalue weighted by Gasteiger charge is 2.22. The minimum absolute atomic E-state index is 0.190. The first kappa shape index (κ1) is 15.5. The largest absolute Gasteiger partial charge is 0.479 e. The molecular weight excluding hydrogens is 268 g/mol. The van der Waals surface area contributed by atoms with Crippen molar-refractivity contribution in [1.29, 1.82) is 0 Å². The van der Waals surface area contributed by atoms with Gasteiger partial charge in [0, 0.05) is 6.42 Å². The lowest BCUT2D eigenvalue weighted by Gasteiger charge is -2.22. The SMILES string of the molecule is O=C(CCC1CCNCC1)N[C@H](C(=O)O)c1ccccc1. The van der Waals surface area contributed by atoms with Crippen LogP contribution in [0.1, 0.15) is 37.3 Å². The molecule has 0 bridgehead atoms. The van der Waals surface area contributed by atoms with Crippen molar-refractivity contribution in [1.82, 2.24) is 10.6 Å². The third-order valence-electron chi connectivity index (χ3n) is 3.92. The number of carbonyl (C=O) groups is 2. The van der Waals surface area contributed by atoms with Gasteiger partial charge in [-0.15, -0.1) is 0 Å². The molecular formula is C16H22N2O3. The Hall–Kier alpha value is -1.88. The van der Waals surface area contributed by atoms with E-state index in [1.165, 1.54) is 0 Å². The molecule has 1 atom stereocenters. The average molecular weight is 290 g/mol. The molecule has 0 radical (unpaired) electrons. The van der Waals surface area contributed by atoms with E-state index >= 15 is 0 Å². The van der Waals surface area contributed by atoms with Gasteiger partial charge in [0.15, 0.2) is 6.04 Å². The fourth-order valence-corrected chi connectivity index (χ4v) is 2.67. The normalized spacial score (nSPS) is 17.1. The van der Waals surface area contributed by atoms with Crippen LogP contribution >= 0.6 is 0 Å². The summed E-state index contributed by atoms with van der Waals surface area (Å²) in [6.45, 7) is 2.02. The summed E-state index contributed by atoms with van der Waals surface area (Å²) in [6, 6.07) is 7.82. The third-order valence-corrected chi connectivity index (χ3v) is 3.92. The number of carboxylic acid groups (broad SMARTS) is 1. The van der Waals surface area contributed by atoms with Gasteiger partial charge in [0.25, 0.3) is 0 Å². The molecule has 1 aliphatic heterocycles. The average Bonchev–Trinajstić information content (AvgIpc) is 2.52. The van der Waals surface area contributed by atoms with Gasteiger partial charge < -0.3 is 15.7 Å². The Labute approximate surface area is 124 Å². The first-order chi connectivity index (χ1) is 10.2. The van der Waals surface area contributed by atoms with Crippen molar-refractivity contribution >= 4 is 11.9 Å². The number of benzene rings is 1. The van der Waals surface area contributed by atoms with Gasteiger partial charge in [-0.1, -0.05) is 30.3 Å². The molecule has 0 spiro atoms. The van der Waals surface area contributed by atoms with Crippen molar-refractivity contribution < 1.29 is 14.7 Å². The summed E-state index contributed by atoms with van der Waals surface area (Å²) in [5, 5.41) is 15.2. The molecule has 21 heavy (non-hydrogen) atoms. The van der Waals surface area contributed by atoms with Gasteiger partial charge in [0.2, 0.25) is 5.91 Å². The van der Waals surface area contributed by atoms with Gasteiger partial charge in [-0.05, 0) is 43.8 Å². The van der Waals surface area contributed by atoms with E-state index in [1.807, 2.05) is 6.07 Å². The summed E-state index contributed by atoms with van der Waals surface area (Å²) in [6.07, 6.45) is 3.40. The van der Waals surface area contributed by atoms with Crippen molar-refractivity contribution in [3.63, 3.8) is 0 Å². The maximum atomic E-state index is 12.0. The van der Waals surface area contributed by atoms with Crippen LogP contribution in [0, 0.1) is 5.92 Å². The molecule has 1 aliphatic rings. The first-order valence-corrected chi connectivity index (χ1v) is 7.44. The molecule has 1 fully saturated rings. The molecule has 3 N–H and O–H groups in total. The second-order valence-electron chi connectivity index (χ2n) is 5.48. The van der Waals surface area contributed by atoms with Crippen molar-refractivity contribution in [3.05, 3.63) is 35.9 Å². The maximum absolute atomic E-state index is 12.0. The van der Waals surface area contributed by atoms with Crippen LogP contribution in [0.4, 0.5) is 0 Å². The Kier molecular flexibility index (Phi) is 5.75. The fourth-order valence-electron chi connectivity index (χ4n) is 2.67. The minimum Gasteiger partial charge on any atom is -0.479 e. The Morgan fingerprint density at radius 2 is 1.90 bits per heavy atom. The van der Waals surface area contributed by atoms with Gasteiger partial charge in [-0.25, -0.2) is 4.79 Å². The van der Waals surface area contributed by atoms with Crippen LogP contribution in [-0.4, -0.2) is 30.1 Å². The molecule has 5 nitrogen and oxygen atoms in total. The summed E-state index contributed by atoms with van der Waals surface area (Å²) in [5.74, 6) is -0.654. The minimum atomic E-state index is -1.03. The number of carbonyl (C=O) groups excluding carboxylic acids is 1. The summed E-state index contributed by atoms with van der Waals surface area (Å²) in [4.78, 5) is 23.3. The van der Waals surface area contributed by atoms with Crippen LogP contribution in [0.5, 0.6) is 0 Å². The standard InChI is InChI=1S/C16H22N2O3/c19-14(7-6-12-8-10-17-11-9-12)18-15(16(20)21)13-4-2-1-3-5-13/h1-5,12,15,17H,6-11H2,(H,18,19)(H,20,21)/t15-/m0/s1. The van der Waals surface area contributed by atoms with Crippen LogP contribution < -0.4 is 10.6 Å². The zero-order valence-corrected chi connectivity index (χ0v) is 12.0. The third kappa shape index (κ3) is 4.86. The number of hydrogen-bond donors (Lipinski definition) is 3. The van der Waals surface area contributed by atoms with Crippen molar-refractivity contribution in [2.24, 2.45) is 5.92 Å². The van der Waals surface area contributed by atoms with Crippen molar-refractivity contribution in [3.8, 4) is 0 Å². The second-order valence-corrected chi connectivity index (χ2v) is 5.48. The molecule has 1 saturated heterocycles. The molecule has 1 amide bonds. The molecule has 0 unspecified atom stereocenters. The van der Waals surface area contributed by atoms with E-state index in [0.29, 0.717) is 17.9 Å². The lowest BCUT2D eigenvalue weighted by atomic mass is 9.93. The van der Waals surface area contributed by atoms with E-state index in [4.69, 9.17) is 0 Å². The molecule has 1 heterocycles. The Balaban J connectivity index is 1.85. The highest BCUT2D eigenvalue weighted by molar-refractivity contribution is 5.84. The number of piperidine rings is 1. The zero-order valence-electron chi connectivity index (χ0n) is 12.0. The summed E-state index contributed by atoms with van der Waals surface area (Å²) in [5.41, 5.74) is 0.597. The molecule has 2 rings (SSSR count). The van der Waals surface area contributed by atoms with E-state index in [2.05, 4.69) is 10.6 Å². The number of rotatable bonds is 6. The number of amides is 1. The van der Waals surface area contributed by atoms with E-state index in [0.717, 1.165) is 32.4 Å². The Bertz CT molecular complexity index is 470. The molecule has 5 heteroatoms. The molecule has 0 aromatic heterocycles. The molecule has 114 valence electrons. The summed E-state index contributed by atoms with van der Waals surface area (Å²) < 4.78 is 0. The van der Waals surface area contributed by atoms with Crippen LogP contribution in [0.15, 0.2) is 30.3 Å². The number of hydrogen-bond acceptors (Lipinski definition) is 3. The van der Waals surface area contributed by atoms with Crippen LogP contribution in [0.25, 0.3) is 0 Å². The predicted molar refractivity (Wildman–Crippen MR) is 79.8 cm³/mol. The Morgan fingerprint density at radius 3 is 2.52 bits per heavy atom. The van der Waals surface area contributed by atoms with Gasteiger partial charge in [0.05, 0.1) is 0 Å². The van der Waals surface area contributed by atoms with E-state index in [-0.39, 0.29) is 5.91 Å². The quantitative estimate of drug-likeness (QED) is 0.745. The van der Waals surface area contributed by atoms with E-state index in [1.54, 1.807) is 24.3 Å². The summed E-state index contributed by atoms with van der Waals surface area (Å²) >= 11 is 0. The molecule has 1 aromatic rings. The zero-order chi connectivity index (χ0) is 15.1. The van der Waals surface area contributed by atoms with E-state index < -0.39 is 12.0 Å². The van der Waals surface area contributed by atoms with Crippen LogP contribution in [0.3, 0.4) is 0 Å². The molecule has 0 saturated carbocycles. The van der Waals surface area contributed by atoms with Crippen LogP contribution in [-0.2, 0) is 9.59 Å². The predicted octanol–water partition coefficient (Wildman–Crippen LogP) is 1.71. The van der Waals surface area contributed by atoms with Crippen molar-refractivity contribution in [2.75, 3.05) is 13.1 Å². The second kappa shape index (κ2) is 7.78. The monoisotopic (exact) mass is 290 g/mol. The van der Waals surface area contributed by atoms with Gasteiger partial charge in [-0.2, -0.15) is 0 Å². The number of aliphatic carboxylic acids is 1. The topological polar surface area (TPSA) is 78.4 Å². The van der Waals surface area contributed by atoms with Gasteiger partial charge >= 0.3 is 5.97 Å². The maximum Gasteiger partial charge on any atom is 0.330 e. The van der Waals surface area contributed by atoms with Crippen LogP contribution in [0.2, 0.25) is 0 Å². The van der Waals surface area contributed by atoms with E-state index in [9.17, 15) is 14.7 Å².